The largest absolute Gasteiger partial charge is 0.311 e. The Labute approximate surface area is 695 Å². The fourth-order valence-corrected chi connectivity index (χ4v) is 19.6. The van der Waals surface area contributed by atoms with Gasteiger partial charge in [-0.05, 0) is 267 Å². The normalized spacial score (nSPS) is 13.6. The topological polar surface area (TPSA) is 16.3 Å². The van der Waals surface area contributed by atoms with Gasteiger partial charge in [-0.25, -0.2) is 0 Å². The van der Waals surface area contributed by atoms with Gasteiger partial charge in [0.15, 0.2) is 0 Å². The van der Waals surface area contributed by atoms with Gasteiger partial charge in [0.25, 0.3) is 0 Å². The Balaban J connectivity index is 0.777. The van der Waals surface area contributed by atoms with E-state index in [-0.39, 0.29) is 21.7 Å². The first-order valence-electron chi connectivity index (χ1n) is 41.9. The van der Waals surface area contributed by atoms with E-state index in [1.165, 1.54) is 122 Å². The van der Waals surface area contributed by atoms with E-state index >= 15 is 0 Å². The van der Waals surface area contributed by atoms with Crippen LogP contribution in [0, 0.1) is 0 Å². The third-order valence-corrected chi connectivity index (χ3v) is 25.7. The SMILES string of the molecule is CC(C)(C)c1ccc(N(c2ccccc2)c2ccc(C3(c4ccc5c(c4)c4cc(C6(c7ccc(N(c8ccccc8)c8ccc(C(C)(C)C)cc8)cc7)c7ccccc7-c7ccccc76)ccc4n5-c4ccc(-c5ccc(-n6c7ccc(C(C)(C)C)cc7c7cc(C(C)(C)C)ccc76)cc5)cc4)c4ccccc4-c4ccccc43)cc2)cc1. The fourth-order valence-electron chi connectivity index (χ4n) is 19.6. The van der Waals surface area contributed by atoms with Crippen molar-refractivity contribution in [1.29, 1.82) is 0 Å². The quantitative estimate of drug-likeness (QED) is 0.114. The second-order valence-corrected chi connectivity index (χ2v) is 36.9. The predicted octanol–water partition coefficient (Wildman–Crippen LogP) is 30.4. The first kappa shape index (κ1) is 73.6. The van der Waals surface area contributed by atoms with E-state index in [2.05, 4.69) is 478 Å². The number of fused-ring (bicyclic) bond motifs is 12. The van der Waals surface area contributed by atoms with Crippen molar-refractivity contribution in [1.82, 2.24) is 9.13 Å². The van der Waals surface area contributed by atoms with Gasteiger partial charge in [0.1, 0.15) is 0 Å². The second-order valence-electron chi connectivity index (χ2n) is 36.9. The van der Waals surface area contributed by atoms with E-state index < -0.39 is 10.8 Å². The lowest BCUT2D eigenvalue weighted by atomic mass is 9.67. The number of benzene rings is 16. The van der Waals surface area contributed by atoms with Crippen LogP contribution >= 0.6 is 0 Å². The van der Waals surface area contributed by atoms with Crippen molar-refractivity contribution in [3.05, 3.63) is 443 Å². The van der Waals surface area contributed by atoms with E-state index in [4.69, 9.17) is 0 Å². The smallest absolute Gasteiger partial charge is 0.0713 e. The Bertz CT molecular complexity index is 6430. The number of anilines is 6. The van der Waals surface area contributed by atoms with Crippen LogP contribution in [-0.4, -0.2) is 9.13 Å². The molecule has 2 heterocycles. The summed E-state index contributed by atoms with van der Waals surface area (Å²) in [5, 5.41) is 4.93. The summed E-state index contributed by atoms with van der Waals surface area (Å²) >= 11 is 0. The monoisotopic (exact) mass is 1520 g/mol. The highest BCUT2D eigenvalue weighted by atomic mass is 15.1. The summed E-state index contributed by atoms with van der Waals surface area (Å²) in [5.41, 5.74) is 34.6. The van der Waals surface area contributed by atoms with E-state index in [1.54, 1.807) is 0 Å². The summed E-state index contributed by atoms with van der Waals surface area (Å²) in [6.45, 7) is 27.6. The molecule has 0 aliphatic heterocycles. The molecule has 574 valence electrons. The predicted molar refractivity (Wildman–Crippen MR) is 499 cm³/mol. The van der Waals surface area contributed by atoms with Gasteiger partial charge in [0.05, 0.1) is 32.9 Å². The van der Waals surface area contributed by atoms with Gasteiger partial charge in [-0.15, -0.1) is 0 Å². The summed E-state index contributed by atoms with van der Waals surface area (Å²) < 4.78 is 4.99. The first-order chi connectivity index (χ1) is 57.0. The molecule has 4 heteroatoms. The fraction of sp³-hybridized carbons (Fsp3) is 0.158. The Hall–Kier alpha value is -13.3. The van der Waals surface area contributed by atoms with Crippen molar-refractivity contribution in [2.45, 2.75) is 116 Å². The lowest BCUT2D eigenvalue weighted by Gasteiger charge is -2.35. The first-order valence-corrected chi connectivity index (χ1v) is 41.9. The van der Waals surface area contributed by atoms with Crippen molar-refractivity contribution in [3.63, 3.8) is 0 Å². The van der Waals surface area contributed by atoms with Gasteiger partial charge in [0.2, 0.25) is 0 Å². The molecular formula is C114H98N4. The Morgan fingerprint density at radius 3 is 0.737 bits per heavy atom. The average Bonchev–Trinajstić information content (AvgIpc) is 1.53. The molecule has 20 rings (SSSR count). The lowest BCUT2D eigenvalue weighted by Crippen LogP contribution is -2.28. The summed E-state index contributed by atoms with van der Waals surface area (Å²) in [7, 11) is 0. The van der Waals surface area contributed by atoms with Crippen LogP contribution in [0.5, 0.6) is 0 Å². The van der Waals surface area contributed by atoms with Crippen molar-refractivity contribution >= 4 is 77.7 Å². The Morgan fingerprint density at radius 1 is 0.203 bits per heavy atom. The summed E-state index contributed by atoms with van der Waals surface area (Å²) in [5.74, 6) is 0. The van der Waals surface area contributed by atoms with Crippen molar-refractivity contribution in [3.8, 4) is 44.8 Å². The molecule has 0 unspecified atom stereocenters. The van der Waals surface area contributed by atoms with Crippen LogP contribution in [0.2, 0.25) is 0 Å². The molecule has 0 N–H and O–H groups in total. The molecule has 0 radical (unpaired) electrons. The highest BCUT2D eigenvalue weighted by molar-refractivity contribution is 6.12. The van der Waals surface area contributed by atoms with Gasteiger partial charge in [-0.2, -0.15) is 0 Å². The molecule has 0 atom stereocenters. The molecule has 0 amide bonds. The van der Waals surface area contributed by atoms with Crippen LogP contribution in [0.25, 0.3) is 88.4 Å². The molecule has 0 spiro atoms. The van der Waals surface area contributed by atoms with E-state index in [9.17, 15) is 0 Å². The number of hydrogen-bond acceptors (Lipinski definition) is 2. The van der Waals surface area contributed by atoms with Crippen molar-refractivity contribution in [2.75, 3.05) is 9.80 Å². The number of aromatic nitrogens is 2. The summed E-state index contributed by atoms with van der Waals surface area (Å²) in [6.07, 6.45) is 0. The van der Waals surface area contributed by atoms with E-state index in [0.29, 0.717) is 0 Å². The molecule has 0 bridgehead atoms. The minimum atomic E-state index is -0.725. The van der Waals surface area contributed by atoms with Gasteiger partial charge in [-0.1, -0.05) is 314 Å². The maximum Gasteiger partial charge on any atom is 0.0713 e. The second kappa shape index (κ2) is 27.7. The summed E-state index contributed by atoms with van der Waals surface area (Å²) in [6, 6.07) is 143. The van der Waals surface area contributed by atoms with Crippen LogP contribution in [0.3, 0.4) is 0 Å². The lowest BCUT2D eigenvalue weighted by molar-refractivity contribution is 0.590. The Kier molecular flexibility index (Phi) is 17.3. The van der Waals surface area contributed by atoms with Crippen molar-refractivity contribution in [2.24, 2.45) is 0 Å². The third-order valence-electron chi connectivity index (χ3n) is 25.7. The van der Waals surface area contributed by atoms with E-state index in [0.717, 1.165) is 67.7 Å². The minimum absolute atomic E-state index is 0.0148. The number of rotatable bonds is 13. The molecule has 0 saturated carbocycles. The van der Waals surface area contributed by atoms with Crippen LogP contribution in [0.4, 0.5) is 34.1 Å². The highest BCUT2D eigenvalue weighted by Gasteiger charge is 2.48. The van der Waals surface area contributed by atoms with Crippen LogP contribution in [-0.2, 0) is 32.5 Å². The molecule has 2 aromatic heterocycles. The average molecular weight is 1520 g/mol. The molecule has 16 aromatic carbocycles. The Morgan fingerprint density at radius 2 is 0.441 bits per heavy atom. The molecule has 118 heavy (non-hydrogen) atoms. The molecule has 18 aromatic rings. The number of nitrogens with zero attached hydrogens (tertiary/aromatic N) is 4. The third kappa shape index (κ3) is 11.9. The molecule has 2 aliphatic carbocycles. The zero-order chi connectivity index (χ0) is 80.8. The molecule has 4 nitrogen and oxygen atoms in total. The van der Waals surface area contributed by atoms with Crippen LogP contribution in [0.15, 0.2) is 376 Å². The van der Waals surface area contributed by atoms with Gasteiger partial charge >= 0.3 is 0 Å². The van der Waals surface area contributed by atoms with Crippen LogP contribution < -0.4 is 9.80 Å². The minimum Gasteiger partial charge on any atom is -0.311 e. The zero-order valence-corrected chi connectivity index (χ0v) is 69.6. The maximum absolute atomic E-state index is 2.57. The van der Waals surface area contributed by atoms with Gasteiger partial charge < -0.3 is 18.9 Å². The molecule has 0 saturated heterocycles. The highest BCUT2D eigenvalue weighted by Crippen LogP contribution is 2.60. The van der Waals surface area contributed by atoms with Gasteiger partial charge in [0, 0.05) is 67.0 Å². The molecule has 0 fully saturated rings. The summed E-state index contributed by atoms with van der Waals surface area (Å²) in [4.78, 5) is 4.79. The number of hydrogen-bond donors (Lipinski definition) is 0. The molecule has 2 aliphatic rings. The van der Waals surface area contributed by atoms with Gasteiger partial charge in [-0.3, -0.25) is 0 Å². The van der Waals surface area contributed by atoms with Crippen molar-refractivity contribution < 1.29 is 0 Å². The molecular weight excluding hydrogens is 1430 g/mol. The standard InChI is InChI=1S/C114H98N4/c1-109(2,3)77-43-59-87(60-44-77)115(85-27-15-13-16-28-85)89-63-47-79(48-64-89)113(101-35-23-19-31-93(101)94-32-20-24-36-102(94)113)83-53-69-107-99(73-83)100-74-84(114(103-37-25-21-33-95(103)96-34-22-26-38-104(96)114)80-49-65-90(66-50-80)116(86-29-17-14-18-30-86)88-61-45-78(46-62-88)110(4,5)6)54-70-108(100)118(107)92-57-41-76(42-58-92)75-39-55-91(56-40-75)117-105-67-51-81(111(7,8)9)71-97(105)98-72-82(112(10,11)12)52-68-106(98)117/h13-74H,1-12H3. The van der Waals surface area contributed by atoms with E-state index in [1.807, 2.05) is 0 Å². The van der Waals surface area contributed by atoms with Crippen LogP contribution in [0.1, 0.15) is 150 Å². The maximum atomic E-state index is 2.57. The zero-order valence-electron chi connectivity index (χ0n) is 69.6. The number of para-hydroxylation sites is 2.